The van der Waals surface area contributed by atoms with Gasteiger partial charge in [-0.3, -0.25) is 14.7 Å². The summed E-state index contributed by atoms with van der Waals surface area (Å²) in [6, 6.07) is 11.1. The lowest BCUT2D eigenvalue weighted by atomic mass is 10.1. The Morgan fingerprint density at radius 2 is 2.13 bits per heavy atom. The van der Waals surface area contributed by atoms with Crippen molar-refractivity contribution in [3.63, 3.8) is 0 Å². The third-order valence-electron chi connectivity index (χ3n) is 5.21. The Hall–Kier alpha value is -2.74. The molecule has 1 aliphatic rings. The van der Waals surface area contributed by atoms with E-state index in [4.69, 9.17) is 17.3 Å². The van der Waals surface area contributed by atoms with Gasteiger partial charge in [0.25, 0.3) is 0 Å². The molecule has 2 aromatic heterocycles. The first-order chi connectivity index (χ1) is 14.5. The number of aromatic nitrogens is 1. The summed E-state index contributed by atoms with van der Waals surface area (Å²) in [6.45, 7) is 2.17. The van der Waals surface area contributed by atoms with E-state index in [0.29, 0.717) is 36.2 Å². The number of thiophene rings is 1. The number of benzene rings is 1. The Morgan fingerprint density at radius 1 is 1.27 bits per heavy atom. The highest BCUT2D eigenvalue weighted by Crippen LogP contribution is 2.23. The van der Waals surface area contributed by atoms with Gasteiger partial charge in [0.05, 0.1) is 15.9 Å². The summed E-state index contributed by atoms with van der Waals surface area (Å²) < 4.78 is 0.684. The smallest absolute Gasteiger partial charge is 0.246 e. The van der Waals surface area contributed by atoms with Crippen molar-refractivity contribution >= 4 is 57.8 Å². The van der Waals surface area contributed by atoms with Crippen molar-refractivity contribution in [1.82, 2.24) is 14.8 Å². The second kappa shape index (κ2) is 8.95. The lowest BCUT2D eigenvalue weighted by molar-refractivity contribution is -0.130. The van der Waals surface area contributed by atoms with Crippen molar-refractivity contribution in [3.8, 4) is 0 Å². The third-order valence-corrected chi connectivity index (χ3v) is 6.41. The fraction of sp³-hybridized carbons (Fsp3) is 0.227. The van der Waals surface area contributed by atoms with Crippen molar-refractivity contribution in [2.24, 2.45) is 0 Å². The number of pyridine rings is 1. The Morgan fingerprint density at radius 3 is 2.90 bits per heavy atom. The number of fused-ring (bicyclic) bond motifs is 1. The third kappa shape index (κ3) is 4.53. The summed E-state index contributed by atoms with van der Waals surface area (Å²) in [5.74, 6) is -0.101. The van der Waals surface area contributed by atoms with E-state index in [2.05, 4.69) is 9.88 Å². The first kappa shape index (κ1) is 20.5. The van der Waals surface area contributed by atoms with Crippen LogP contribution in [0.15, 0.2) is 48.7 Å². The van der Waals surface area contributed by atoms with Crippen LogP contribution in [0.2, 0.25) is 4.34 Å². The average Bonchev–Trinajstić information content (AvgIpc) is 3.17. The molecule has 1 aliphatic heterocycles. The van der Waals surface area contributed by atoms with Crippen LogP contribution in [-0.2, 0) is 16.1 Å². The van der Waals surface area contributed by atoms with E-state index in [1.807, 2.05) is 24.3 Å². The zero-order valence-electron chi connectivity index (χ0n) is 16.2. The first-order valence-electron chi connectivity index (χ1n) is 9.58. The summed E-state index contributed by atoms with van der Waals surface area (Å²) in [4.78, 5) is 33.4. The van der Waals surface area contributed by atoms with E-state index >= 15 is 0 Å². The van der Waals surface area contributed by atoms with Crippen LogP contribution in [-0.4, -0.2) is 52.7 Å². The Balaban J connectivity index is 1.41. The molecule has 3 aromatic rings. The molecule has 1 fully saturated rings. The number of halogens is 1. The molecule has 3 heterocycles. The number of carbonyl (C=O) groups is 2. The molecule has 154 valence electrons. The van der Waals surface area contributed by atoms with E-state index in [1.54, 1.807) is 35.4 Å². The Kier molecular flexibility index (Phi) is 6.13. The van der Waals surface area contributed by atoms with E-state index in [9.17, 15) is 9.59 Å². The van der Waals surface area contributed by atoms with Gasteiger partial charge in [-0.2, -0.15) is 0 Å². The van der Waals surface area contributed by atoms with Gasteiger partial charge in [0.15, 0.2) is 0 Å². The lowest BCUT2D eigenvalue weighted by Gasteiger charge is -2.38. The molecule has 6 nitrogen and oxygen atoms in total. The molecular weight excluding hydrogens is 420 g/mol. The van der Waals surface area contributed by atoms with E-state index in [-0.39, 0.29) is 11.9 Å². The second-order valence-electron chi connectivity index (χ2n) is 7.19. The van der Waals surface area contributed by atoms with Gasteiger partial charge in [-0.25, -0.2) is 0 Å². The van der Waals surface area contributed by atoms with Gasteiger partial charge in [0.1, 0.15) is 6.29 Å². The maximum absolute atomic E-state index is 12.5. The first-order valence-corrected chi connectivity index (χ1v) is 10.8. The summed E-state index contributed by atoms with van der Waals surface area (Å²) in [5.41, 5.74) is 8.58. The van der Waals surface area contributed by atoms with Gasteiger partial charge in [-0.1, -0.05) is 23.7 Å². The molecular formula is C22H21ClN4O2S. The zero-order chi connectivity index (χ0) is 21.1. The number of rotatable bonds is 5. The van der Waals surface area contributed by atoms with Gasteiger partial charge >= 0.3 is 0 Å². The topological polar surface area (TPSA) is 79.5 Å². The molecule has 0 spiro atoms. The van der Waals surface area contributed by atoms with Crippen LogP contribution < -0.4 is 5.73 Å². The molecule has 0 radical (unpaired) electrons. The zero-order valence-corrected chi connectivity index (χ0v) is 17.8. The van der Waals surface area contributed by atoms with Crippen molar-refractivity contribution in [3.05, 3.63) is 63.4 Å². The van der Waals surface area contributed by atoms with Crippen molar-refractivity contribution in [2.75, 3.05) is 25.4 Å². The molecule has 0 bridgehead atoms. The minimum atomic E-state index is -0.350. The molecule has 8 heteroatoms. The van der Waals surface area contributed by atoms with E-state index in [0.717, 1.165) is 27.6 Å². The van der Waals surface area contributed by atoms with E-state index < -0.39 is 0 Å². The quantitative estimate of drug-likeness (QED) is 0.485. The molecule has 0 saturated carbocycles. The molecule has 1 unspecified atom stereocenters. The fourth-order valence-corrected chi connectivity index (χ4v) is 4.56. The number of nitrogens with two attached hydrogens (primary N) is 1. The molecule has 4 rings (SSSR count). The number of aldehydes is 1. The maximum atomic E-state index is 12.5. The summed E-state index contributed by atoms with van der Waals surface area (Å²) >= 11 is 7.33. The number of nitrogens with zero attached hydrogens (tertiary/aromatic N) is 3. The number of hydrogen-bond donors (Lipinski definition) is 1. The maximum Gasteiger partial charge on any atom is 0.246 e. The van der Waals surface area contributed by atoms with Crippen molar-refractivity contribution in [2.45, 2.75) is 12.6 Å². The number of piperazine rings is 1. The van der Waals surface area contributed by atoms with Crippen LogP contribution in [0.3, 0.4) is 0 Å². The monoisotopic (exact) mass is 440 g/mol. The Bertz CT molecular complexity index is 1110. The minimum absolute atomic E-state index is 0.101. The number of hydrogen-bond acceptors (Lipinski definition) is 6. The summed E-state index contributed by atoms with van der Waals surface area (Å²) in [6.07, 6.45) is 5.91. The molecule has 30 heavy (non-hydrogen) atoms. The second-order valence-corrected chi connectivity index (χ2v) is 8.93. The van der Waals surface area contributed by atoms with Crippen LogP contribution in [0.5, 0.6) is 0 Å². The number of anilines is 1. The molecule has 0 aliphatic carbocycles. The average molecular weight is 441 g/mol. The molecule has 1 amide bonds. The van der Waals surface area contributed by atoms with Crippen LogP contribution in [0.4, 0.5) is 5.69 Å². The predicted octanol–water partition coefficient (Wildman–Crippen LogP) is 3.46. The summed E-state index contributed by atoms with van der Waals surface area (Å²) in [5, 5.41) is 0.919. The van der Waals surface area contributed by atoms with Crippen molar-refractivity contribution in [1.29, 1.82) is 0 Å². The predicted molar refractivity (Wildman–Crippen MR) is 121 cm³/mol. The van der Waals surface area contributed by atoms with Crippen LogP contribution >= 0.6 is 22.9 Å². The highest BCUT2D eigenvalue weighted by molar-refractivity contribution is 7.17. The fourth-order valence-electron chi connectivity index (χ4n) is 3.60. The van der Waals surface area contributed by atoms with Crippen molar-refractivity contribution < 1.29 is 9.59 Å². The normalized spacial score (nSPS) is 17.6. The lowest BCUT2D eigenvalue weighted by Crippen LogP contribution is -2.54. The number of nitrogen functional groups attached to an aromatic ring is 1. The highest BCUT2D eigenvalue weighted by Gasteiger charge is 2.28. The molecule has 1 atom stereocenters. The molecule has 1 aromatic carbocycles. The summed E-state index contributed by atoms with van der Waals surface area (Å²) in [7, 11) is 0. The van der Waals surface area contributed by atoms with Crippen LogP contribution in [0.25, 0.3) is 17.0 Å². The van der Waals surface area contributed by atoms with Crippen LogP contribution in [0.1, 0.15) is 10.4 Å². The highest BCUT2D eigenvalue weighted by atomic mass is 35.5. The van der Waals surface area contributed by atoms with Gasteiger partial charge < -0.3 is 15.4 Å². The minimum Gasteiger partial charge on any atom is -0.398 e. The van der Waals surface area contributed by atoms with Gasteiger partial charge in [-0.05, 0) is 35.9 Å². The van der Waals surface area contributed by atoms with E-state index in [1.165, 1.54) is 11.3 Å². The number of carbonyl (C=O) groups excluding carboxylic acids is 2. The van der Waals surface area contributed by atoms with Gasteiger partial charge in [0.2, 0.25) is 5.91 Å². The molecule has 1 saturated heterocycles. The Labute approximate surface area is 183 Å². The largest absolute Gasteiger partial charge is 0.398 e. The van der Waals surface area contributed by atoms with Gasteiger partial charge in [-0.15, -0.1) is 11.3 Å². The standard InChI is InChI=1S/C22H21ClN4O2S/c23-21-5-2-17(30-21)3-6-22(29)27-10-9-26(16(13-27)14-28)12-15-1-4-18-19(24)7-8-25-20(18)11-15/h1-8,11,14,16H,9-10,12-13H2,(H2,24,25). The number of amides is 1. The van der Waals surface area contributed by atoms with Gasteiger partial charge in [0, 0.05) is 54.4 Å². The van der Waals surface area contributed by atoms with Crippen LogP contribution in [0, 0.1) is 0 Å². The SMILES string of the molecule is Nc1ccnc2cc(CN3CCN(C(=O)C=Cc4ccc(Cl)s4)CC3C=O)ccc12. The molecule has 2 N–H and O–H groups in total.